The molecule has 0 unspecified atom stereocenters. The van der Waals surface area contributed by atoms with Crippen LogP contribution in [-0.4, -0.2) is 59.1 Å². The molecule has 8 heteroatoms. The van der Waals surface area contributed by atoms with Gasteiger partial charge in [0.2, 0.25) is 5.76 Å². The third-order valence-electron chi connectivity index (χ3n) is 5.00. The zero-order valence-electron chi connectivity index (χ0n) is 15.7. The minimum absolute atomic E-state index is 0.251. The first-order valence-corrected chi connectivity index (χ1v) is 9.02. The summed E-state index contributed by atoms with van der Waals surface area (Å²) in [4.78, 5) is 14.5. The Balaban J connectivity index is 1.59. The predicted octanol–water partition coefficient (Wildman–Crippen LogP) is 1.47. The van der Waals surface area contributed by atoms with Crippen LogP contribution >= 0.6 is 0 Å². The van der Waals surface area contributed by atoms with Crippen molar-refractivity contribution in [2.45, 2.75) is 32.2 Å². The third kappa shape index (κ3) is 4.31. The Morgan fingerprint density at radius 1 is 1.50 bits per heavy atom. The van der Waals surface area contributed by atoms with Crippen LogP contribution < -0.4 is 5.32 Å². The van der Waals surface area contributed by atoms with Gasteiger partial charge < -0.3 is 14.6 Å². The molecule has 3 heterocycles. The summed E-state index contributed by atoms with van der Waals surface area (Å²) in [6.07, 6.45) is 4.10. The van der Waals surface area contributed by atoms with Gasteiger partial charge in [0.25, 0.3) is 5.91 Å². The number of aryl methyl sites for hydroxylation is 1. The Morgan fingerprint density at radius 3 is 3.08 bits per heavy atom. The number of carbonyl (C=O) groups is 1. The zero-order valence-corrected chi connectivity index (χ0v) is 15.7. The Morgan fingerprint density at radius 2 is 2.35 bits per heavy atom. The van der Waals surface area contributed by atoms with E-state index in [1.807, 2.05) is 17.9 Å². The molecule has 26 heavy (non-hydrogen) atoms. The van der Waals surface area contributed by atoms with E-state index in [0.717, 1.165) is 38.2 Å². The Hall–Kier alpha value is -2.19. The van der Waals surface area contributed by atoms with Crippen molar-refractivity contribution in [1.82, 2.24) is 25.2 Å². The maximum Gasteiger partial charge on any atom is 0.289 e. The number of hydrogen-bond donors (Lipinski definition) is 1. The fraction of sp³-hybridized carbons (Fsp3) is 0.611. The summed E-state index contributed by atoms with van der Waals surface area (Å²) in [6, 6.07) is 1.77. The number of methoxy groups -OCH3 is 1. The maximum absolute atomic E-state index is 12.0. The van der Waals surface area contributed by atoms with Crippen molar-refractivity contribution in [2.24, 2.45) is 7.05 Å². The average molecular weight is 361 g/mol. The number of aromatic nitrogens is 3. The van der Waals surface area contributed by atoms with Crippen LogP contribution in [0.2, 0.25) is 0 Å². The molecule has 0 bridgehead atoms. The van der Waals surface area contributed by atoms with Crippen molar-refractivity contribution in [2.75, 3.05) is 33.4 Å². The van der Waals surface area contributed by atoms with Gasteiger partial charge in [-0.3, -0.25) is 14.4 Å². The molecule has 0 radical (unpaired) electrons. The standard InChI is InChI=1S/C18H27N5O3/c1-13-15(10-20-22(13)2)12-23-7-4-5-14(11-23)16-9-17(26-21-16)18(24)19-6-8-25-3/h9-10,14H,4-8,11-12H2,1-3H3,(H,19,24)/t14-/m0/s1. The van der Waals surface area contributed by atoms with Gasteiger partial charge in [0, 0.05) is 57.0 Å². The van der Waals surface area contributed by atoms with Crippen molar-refractivity contribution in [3.05, 3.63) is 35.0 Å². The summed E-state index contributed by atoms with van der Waals surface area (Å²) in [7, 11) is 3.56. The number of ether oxygens (including phenoxy) is 1. The minimum Gasteiger partial charge on any atom is -0.383 e. The molecule has 0 saturated carbocycles. The molecule has 0 spiro atoms. The first kappa shape index (κ1) is 18.6. The zero-order chi connectivity index (χ0) is 18.5. The van der Waals surface area contributed by atoms with Crippen LogP contribution in [0.15, 0.2) is 16.8 Å². The smallest absolute Gasteiger partial charge is 0.289 e. The van der Waals surface area contributed by atoms with E-state index in [0.29, 0.717) is 13.2 Å². The topological polar surface area (TPSA) is 85.4 Å². The van der Waals surface area contributed by atoms with E-state index < -0.39 is 0 Å². The molecule has 1 aliphatic heterocycles. The quantitative estimate of drug-likeness (QED) is 0.752. The van der Waals surface area contributed by atoms with Crippen LogP contribution in [0.4, 0.5) is 0 Å². The number of nitrogens with zero attached hydrogens (tertiary/aromatic N) is 4. The van der Waals surface area contributed by atoms with Crippen LogP contribution in [-0.2, 0) is 18.3 Å². The highest BCUT2D eigenvalue weighted by Gasteiger charge is 2.26. The monoisotopic (exact) mass is 361 g/mol. The molecule has 1 amide bonds. The largest absolute Gasteiger partial charge is 0.383 e. The number of amides is 1. The number of nitrogens with one attached hydrogen (secondary N) is 1. The summed E-state index contributed by atoms with van der Waals surface area (Å²) < 4.78 is 12.1. The highest BCUT2D eigenvalue weighted by molar-refractivity contribution is 5.91. The van der Waals surface area contributed by atoms with E-state index in [9.17, 15) is 4.79 Å². The molecular formula is C18H27N5O3. The Kier molecular flexibility index (Phi) is 6.05. The molecule has 3 rings (SSSR count). The molecule has 1 fully saturated rings. The van der Waals surface area contributed by atoms with Gasteiger partial charge in [0.05, 0.1) is 18.5 Å². The van der Waals surface area contributed by atoms with Crippen molar-refractivity contribution in [3.8, 4) is 0 Å². The van der Waals surface area contributed by atoms with E-state index in [4.69, 9.17) is 9.26 Å². The predicted molar refractivity (Wildman–Crippen MR) is 95.9 cm³/mol. The molecule has 2 aromatic heterocycles. The molecular weight excluding hydrogens is 334 g/mol. The van der Waals surface area contributed by atoms with Gasteiger partial charge in [-0.05, 0) is 26.3 Å². The van der Waals surface area contributed by atoms with E-state index >= 15 is 0 Å². The lowest BCUT2D eigenvalue weighted by molar-refractivity contribution is 0.0900. The number of piperidine rings is 1. The van der Waals surface area contributed by atoms with Gasteiger partial charge in [-0.1, -0.05) is 5.16 Å². The molecule has 0 aliphatic carbocycles. The summed E-state index contributed by atoms with van der Waals surface area (Å²) >= 11 is 0. The van der Waals surface area contributed by atoms with Crippen LogP contribution in [0.3, 0.4) is 0 Å². The average Bonchev–Trinajstić information content (AvgIpc) is 3.25. The molecule has 142 valence electrons. The number of carbonyl (C=O) groups excluding carboxylic acids is 1. The van der Waals surface area contributed by atoms with Crippen molar-refractivity contribution < 1.29 is 14.1 Å². The molecule has 1 atom stereocenters. The fourth-order valence-electron chi connectivity index (χ4n) is 3.32. The number of rotatable bonds is 7. The van der Waals surface area contributed by atoms with Gasteiger partial charge in [-0.2, -0.15) is 5.10 Å². The summed E-state index contributed by atoms with van der Waals surface area (Å²) in [5.41, 5.74) is 3.31. The van der Waals surface area contributed by atoms with Crippen LogP contribution in [0.1, 0.15) is 46.3 Å². The maximum atomic E-state index is 12.0. The van der Waals surface area contributed by atoms with E-state index in [1.165, 1.54) is 11.3 Å². The van der Waals surface area contributed by atoms with Crippen LogP contribution in [0.5, 0.6) is 0 Å². The van der Waals surface area contributed by atoms with Crippen molar-refractivity contribution >= 4 is 5.91 Å². The Labute approximate surface area is 153 Å². The summed E-state index contributed by atoms with van der Waals surface area (Å²) in [5.74, 6) is 0.292. The summed E-state index contributed by atoms with van der Waals surface area (Å²) in [6.45, 7) is 5.87. The molecule has 1 aliphatic rings. The second-order valence-electron chi connectivity index (χ2n) is 6.82. The SMILES string of the molecule is COCCNC(=O)c1cc([C@H]2CCCN(Cc3cnn(C)c3C)C2)no1. The first-order valence-electron chi connectivity index (χ1n) is 9.02. The number of likely N-dealkylation sites (tertiary alicyclic amines) is 1. The van der Waals surface area contributed by atoms with Crippen molar-refractivity contribution in [3.63, 3.8) is 0 Å². The third-order valence-corrected chi connectivity index (χ3v) is 5.00. The lowest BCUT2D eigenvalue weighted by atomic mass is 9.94. The second kappa shape index (κ2) is 8.46. The van der Waals surface area contributed by atoms with Crippen molar-refractivity contribution in [1.29, 1.82) is 0 Å². The molecule has 2 aromatic rings. The summed E-state index contributed by atoms with van der Waals surface area (Å²) in [5, 5.41) is 11.2. The van der Waals surface area contributed by atoms with Crippen LogP contribution in [0.25, 0.3) is 0 Å². The number of hydrogen-bond acceptors (Lipinski definition) is 6. The minimum atomic E-state index is -0.251. The Bertz CT molecular complexity index is 739. The molecule has 8 nitrogen and oxygen atoms in total. The van der Waals surface area contributed by atoms with Gasteiger partial charge in [0.1, 0.15) is 0 Å². The van der Waals surface area contributed by atoms with Gasteiger partial charge in [0.15, 0.2) is 0 Å². The van der Waals surface area contributed by atoms with E-state index in [-0.39, 0.29) is 17.6 Å². The van der Waals surface area contributed by atoms with Gasteiger partial charge >= 0.3 is 0 Å². The molecule has 1 saturated heterocycles. The molecule has 0 aromatic carbocycles. The van der Waals surface area contributed by atoms with E-state index in [2.05, 4.69) is 27.4 Å². The lowest BCUT2D eigenvalue weighted by Gasteiger charge is -2.31. The normalized spacial score (nSPS) is 18.2. The highest BCUT2D eigenvalue weighted by atomic mass is 16.5. The second-order valence-corrected chi connectivity index (χ2v) is 6.82. The first-order chi connectivity index (χ1) is 12.6. The van der Waals surface area contributed by atoms with Gasteiger partial charge in [-0.15, -0.1) is 0 Å². The van der Waals surface area contributed by atoms with Crippen LogP contribution in [0, 0.1) is 6.92 Å². The van der Waals surface area contributed by atoms with Gasteiger partial charge in [-0.25, -0.2) is 0 Å². The molecule has 1 N–H and O–H groups in total. The lowest BCUT2D eigenvalue weighted by Crippen LogP contribution is -2.34. The fourth-order valence-corrected chi connectivity index (χ4v) is 3.32. The highest BCUT2D eigenvalue weighted by Crippen LogP contribution is 2.27. The van der Waals surface area contributed by atoms with E-state index in [1.54, 1.807) is 13.2 Å².